The fourth-order valence-electron chi connectivity index (χ4n) is 3.89. The van der Waals surface area contributed by atoms with Crippen molar-refractivity contribution in [3.63, 3.8) is 0 Å². The summed E-state index contributed by atoms with van der Waals surface area (Å²) in [7, 11) is 0. The molecule has 0 radical (unpaired) electrons. The number of hydrogen-bond acceptors (Lipinski definition) is 5. The van der Waals surface area contributed by atoms with Crippen LogP contribution in [0, 0.1) is 6.92 Å². The number of nitrogens with zero attached hydrogens (tertiary/aromatic N) is 2. The van der Waals surface area contributed by atoms with E-state index in [-0.39, 0.29) is 0 Å². The van der Waals surface area contributed by atoms with Crippen LogP contribution in [-0.4, -0.2) is 66.4 Å². The average molecular weight is 347 g/mol. The lowest BCUT2D eigenvalue weighted by molar-refractivity contribution is -0.157. The predicted octanol–water partition coefficient (Wildman–Crippen LogP) is 0.903. The fourth-order valence-corrected chi connectivity index (χ4v) is 3.89. The van der Waals surface area contributed by atoms with Gasteiger partial charge in [0.25, 0.3) is 5.91 Å². The van der Waals surface area contributed by atoms with Gasteiger partial charge in [-0.1, -0.05) is 18.2 Å². The molecule has 0 aromatic heterocycles. The highest BCUT2D eigenvalue weighted by molar-refractivity contribution is 5.83. The Balaban J connectivity index is 1.59. The van der Waals surface area contributed by atoms with E-state index in [4.69, 9.17) is 10.5 Å². The lowest BCUT2D eigenvalue weighted by Gasteiger charge is -2.45. The van der Waals surface area contributed by atoms with Gasteiger partial charge in [0.15, 0.2) is 5.60 Å². The van der Waals surface area contributed by atoms with Gasteiger partial charge in [0.2, 0.25) is 0 Å². The van der Waals surface area contributed by atoms with Crippen LogP contribution in [0.2, 0.25) is 0 Å². The Labute approximate surface area is 149 Å². The van der Waals surface area contributed by atoms with Crippen LogP contribution in [-0.2, 0) is 9.53 Å². The molecule has 1 amide bonds. The van der Waals surface area contributed by atoms with Crippen LogP contribution in [0.5, 0.6) is 0 Å². The molecule has 1 unspecified atom stereocenters. The standard InChI is InChI=1S/C19H29N3O3/c1-15-5-3-4-6-16(15)22-9-7-19(24,8-10-22)14-21-11-12-25-18(2,13-21)17(20)23/h3-6,24H,7-14H2,1-2H3,(H2,20,23). The van der Waals surface area contributed by atoms with E-state index in [9.17, 15) is 9.90 Å². The van der Waals surface area contributed by atoms with Gasteiger partial charge in [-0.2, -0.15) is 0 Å². The monoisotopic (exact) mass is 347 g/mol. The molecule has 2 saturated heterocycles. The summed E-state index contributed by atoms with van der Waals surface area (Å²) in [5, 5.41) is 11.0. The van der Waals surface area contributed by atoms with Crippen LogP contribution < -0.4 is 10.6 Å². The van der Waals surface area contributed by atoms with E-state index in [1.54, 1.807) is 6.92 Å². The van der Waals surface area contributed by atoms with Gasteiger partial charge in [-0.25, -0.2) is 0 Å². The molecule has 2 aliphatic rings. The first-order valence-electron chi connectivity index (χ1n) is 9.01. The van der Waals surface area contributed by atoms with Crippen LogP contribution in [0.3, 0.4) is 0 Å². The third-order valence-corrected chi connectivity index (χ3v) is 5.54. The maximum atomic E-state index is 11.6. The molecule has 6 nitrogen and oxygen atoms in total. The number of carbonyl (C=O) groups is 1. The number of β-amino-alcohol motifs (C(OH)–C–C–N with tert-alkyl or cyclic N) is 1. The Bertz CT molecular complexity index is 628. The Morgan fingerprint density at radius 3 is 2.60 bits per heavy atom. The zero-order chi connectivity index (χ0) is 18.1. The fraction of sp³-hybridized carbons (Fsp3) is 0.632. The molecule has 138 valence electrons. The molecule has 6 heteroatoms. The number of benzene rings is 1. The second-order valence-electron chi connectivity index (χ2n) is 7.65. The van der Waals surface area contributed by atoms with Crippen molar-refractivity contribution in [1.29, 1.82) is 0 Å². The van der Waals surface area contributed by atoms with E-state index >= 15 is 0 Å². The van der Waals surface area contributed by atoms with Gasteiger partial charge in [0, 0.05) is 38.4 Å². The molecule has 1 atom stereocenters. The second kappa shape index (κ2) is 6.94. The third kappa shape index (κ3) is 3.97. The van der Waals surface area contributed by atoms with Gasteiger partial charge in [-0.15, -0.1) is 0 Å². The van der Waals surface area contributed by atoms with Crippen LogP contribution >= 0.6 is 0 Å². The highest BCUT2D eigenvalue weighted by Gasteiger charge is 2.41. The average Bonchev–Trinajstić information content (AvgIpc) is 2.56. The first kappa shape index (κ1) is 18.2. The molecule has 25 heavy (non-hydrogen) atoms. The number of piperidine rings is 1. The maximum Gasteiger partial charge on any atom is 0.250 e. The molecule has 2 heterocycles. The lowest BCUT2D eigenvalue weighted by Crippen LogP contribution is -2.60. The predicted molar refractivity (Wildman–Crippen MR) is 97.6 cm³/mol. The molecule has 0 saturated carbocycles. The summed E-state index contributed by atoms with van der Waals surface area (Å²) in [6.07, 6.45) is 1.43. The Kier molecular flexibility index (Phi) is 5.04. The topological polar surface area (TPSA) is 79.0 Å². The molecule has 1 aromatic rings. The molecule has 0 spiro atoms. The summed E-state index contributed by atoms with van der Waals surface area (Å²) in [6, 6.07) is 8.36. The van der Waals surface area contributed by atoms with Crippen LogP contribution in [0.4, 0.5) is 5.69 Å². The maximum absolute atomic E-state index is 11.6. The summed E-state index contributed by atoms with van der Waals surface area (Å²) >= 11 is 0. The van der Waals surface area contributed by atoms with Crippen LogP contribution in [0.15, 0.2) is 24.3 Å². The number of morpholine rings is 1. The van der Waals surface area contributed by atoms with Crippen molar-refractivity contribution in [2.24, 2.45) is 5.73 Å². The quantitative estimate of drug-likeness (QED) is 0.846. The summed E-state index contributed by atoms with van der Waals surface area (Å²) in [4.78, 5) is 16.1. The van der Waals surface area contributed by atoms with Crippen molar-refractivity contribution in [1.82, 2.24) is 4.90 Å². The third-order valence-electron chi connectivity index (χ3n) is 5.54. The van der Waals surface area contributed by atoms with Gasteiger partial charge in [0.1, 0.15) is 0 Å². The van der Waals surface area contributed by atoms with E-state index in [2.05, 4.69) is 34.9 Å². The van der Waals surface area contributed by atoms with Gasteiger partial charge in [-0.05, 0) is 38.3 Å². The van der Waals surface area contributed by atoms with Gasteiger partial charge in [0.05, 0.1) is 12.2 Å². The number of primary amides is 1. The SMILES string of the molecule is Cc1ccccc1N1CCC(O)(CN2CCOC(C)(C(N)=O)C2)CC1. The summed E-state index contributed by atoms with van der Waals surface area (Å²) in [5.74, 6) is -0.446. The molecular formula is C19H29N3O3. The summed E-state index contributed by atoms with van der Waals surface area (Å²) < 4.78 is 5.56. The normalized spacial score (nSPS) is 27.2. The molecule has 2 aliphatic heterocycles. The van der Waals surface area contributed by atoms with Crippen molar-refractivity contribution in [2.45, 2.75) is 37.9 Å². The first-order chi connectivity index (χ1) is 11.8. The van der Waals surface area contributed by atoms with Gasteiger partial charge >= 0.3 is 0 Å². The minimum Gasteiger partial charge on any atom is -0.388 e. The zero-order valence-electron chi connectivity index (χ0n) is 15.2. The number of anilines is 1. The van der Waals surface area contributed by atoms with E-state index in [0.717, 1.165) is 13.1 Å². The number of carbonyl (C=O) groups excluding carboxylic acids is 1. The van der Waals surface area contributed by atoms with Crippen molar-refractivity contribution < 1.29 is 14.6 Å². The Morgan fingerprint density at radius 2 is 1.96 bits per heavy atom. The summed E-state index contributed by atoms with van der Waals surface area (Å²) in [6.45, 7) is 7.68. The van der Waals surface area contributed by atoms with Gasteiger partial charge < -0.3 is 20.5 Å². The minimum absolute atomic E-state index is 0.437. The number of ether oxygens (including phenoxy) is 1. The molecule has 1 aromatic carbocycles. The Hall–Kier alpha value is -1.63. The van der Waals surface area contributed by atoms with Crippen LogP contribution in [0.25, 0.3) is 0 Å². The van der Waals surface area contributed by atoms with Crippen molar-refractivity contribution in [2.75, 3.05) is 44.2 Å². The number of nitrogens with two attached hydrogens (primary N) is 1. The lowest BCUT2D eigenvalue weighted by atomic mass is 9.89. The molecular weight excluding hydrogens is 318 g/mol. The number of aryl methyl sites for hydroxylation is 1. The largest absolute Gasteiger partial charge is 0.388 e. The number of aliphatic hydroxyl groups is 1. The Morgan fingerprint density at radius 1 is 1.28 bits per heavy atom. The smallest absolute Gasteiger partial charge is 0.250 e. The molecule has 0 aliphatic carbocycles. The zero-order valence-corrected chi connectivity index (χ0v) is 15.2. The van der Waals surface area contributed by atoms with E-state index in [0.29, 0.717) is 39.1 Å². The summed E-state index contributed by atoms with van der Waals surface area (Å²) in [5.41, 5.74) is 6.29. The minimum atomic E-state index is -0.962. The van der Waals surface area contributed by atoms with Crippen molar-refractivity contribution >= 4 is 11.6 Å². The molecule has 3 rings (SSSR count). The second-order valence-corrected chi connectivity index (χ2v) is 7.65. The number of hydrogen-bond donors (Lipinski definition) is 2. The van der Waals surface area contributed by atoms with Crippen LogP contribution in [0.1, 0.15) is 25.3 Å². The number of para-hydroxylation sites is 1. The highest BCUT2D eigenvalue weighted by atomic mass is 16.5. The van der Waals surface area contributed by atoms with E-state index in [1.807, 2.05) is 6.07 Å². The molecule has 0 bridgehead atoms. The first-order valence-corrected chi connectivity index (χ1v) is 9.01. The van der Waals surface area contributed by atoms with Gasteiger partial charge in [-0.3, -0.25) is 9.69 Å². The van der Waals surface area contributed by atoms with E-state index < -0.39 is 17.1 Å². The molecule has 2 fully saturated rings. The number of rotatable bonds is 4. The highest BCUT2D eigenvalue weighted by Crippen LogP contribution is 2.30. The molecule has 3 N–H and O–H groups in total. The number of amides is 1. The van der Waals surface area contributed by atoms with Crippen molar-refractivity contribution in [3.05, 3.63) is 29.8 Å². The van der Waals surface area contributed by atoms with Crippen molar-refractivity contribution in [3.8, 4) is 0 Å². The van der Waals surface area contributed by atoms with E-state index in [1.165, 1.54) is 11.3 Å².